The number of halogens is 1. The van der Waals surface area contributed by atoms with Crippen LogP contribution in [0.25, 0.3) is 0 Å². The summed E-state index contributed by atoms with van der Waals surface area (Å²) in [7, 11) is 0. The van der Waals surface area contributed by atoms with Crippen LogP contribution in [-0.4, -0.2) is 16.8 Å². The third-order valence-electron chi connectivity index (χ3n) is 4.44. The zero-order valence-corrected chi connectivity index (χ0v) is 10.8. The van der Waals surface area contributed by atoms with E-state index in [1.54, 1.807) is 0 Å². The highest BCUT2D eigenvalue weighted by atomic mass is 19.1. The molecule has 2 aliphatic rings. The molecule has 1 unspecified atom stereocenters. The summed E-state index contributed by atoms with van der Waals surface area (Å²) >= 11 is 0. The quantitative estimate of drug-likeness (QED) is 0.630. The molecule has 2 saturated carbocycles. The Hall–Kier alpha value is -1.98. The first-order chi connectivity index (χ1) is 9.54. The van der Waals surface area contributed by atoms with Crippen LogP contribution in [-0.2, 0) is 4.79 Å². The van der Waals surface area contributed by atoms with E-state index < -0.39 is 27.9 Å². The number of nitrogens with zero attached hydrogens (tertiary/aromatic N) is 1. The minimum absolute atomic E-state index is 0.138. The molecule has 0 aromatic heterocycles. The van der Waals surface area contributed by atoms with Gasteiger partial charge in [-0.05, 0) is 18.9 Å². The van der Waals surface area contributed by atoms with Crippen molar-refractivity contribution in [1.29, 1.82) is 0 Å². The lowest BCUT2D eigenvalue weighted by Gasteiger charge is -2.44. The molecule has 3 rings (SSSR count). The normalized spacial score (nSPS) is 23.6. The highest BCUT2D eigenvalue weighted by Gasteiger charge is 2.57. The monoisotopic (exact) mass is 279 g/mol. The molecule has 1 aromatic rings. The van der Waals surface area contributed by atoms with Crippen molar-refractivity contribution < 1.29 is 18.8 Å². The molecule has 0 aliphatic heterocycles. The lowest BCUT2D eigenvalue weighted by atomic mass is 9.63. The topological polar surface area (TPSA) is 69.4 Å². The highest BCUT2D eigenvalue weighted by molar-refractivity contribution is 5.92. The zero-order chi connectivity index (χ0) is 14.3. The Morgan fingerprint density at radius 2 is 2.05 bits per heavy atom. The van der Waals surface area contributed by atoms with Crippen molar-refractivity contribution in [1.82, 2.24) is 0 Å². The summed E-state index contributed by atoms with van der Waals surface area (Å²) < 4.78 is 19.3. The number of carbonyl (C=O) groups is 1. The summed E-state index contributed by atoms with van der Waals surface area (Å²) in [5, 5.41) is 10.9. The van der Waals surface area contributed by atoms with E-state index >= 15 is 0 Å². The first kappa shape index (κ1) is 13.0. The van der Waals surface area contributed by atoms with Crippen molar-refractivity contribution in [3.63, 3.8) is 0 Å². The van der Waals surface area contributed by atoms with Gasteiger partial charge >= 0.3 is 5.69 Å². The molecule has 0 radical (unpaired) electrons. The van der Waals surface area contributed by atoms with Crippen molar-refractivity contribution in [3.05, 3.63) is 34.1 Å². The van der Waals surface area contributed by atoms with Crippen LogP contribution in [0.4, 0.5) is 10.1 Å². The number of carbonyl (C=O) groups excluding carboxylic acids is 1. The van der Waals surface area contributed by atoms with Gasteiger partial charge in [-0.3, -0.25) is 14.9 Å². The van der Waals surface area contributed by atoms with Gasteiger partial charge < -0.3 is 4.74 Å². The maximum atomic E-state index is 13.8. The molecule has 6 heteroatoms. The summed E-state index contributed by atoms with van der Waals surface area (Å²) in [4.78, 5) is 22.1. The van der Waals surface area contributed by atoms with Crippen LogP contribution in [0.15, 0.2) is 18.2 Å². The maximum absolute atomic E-state index is 13.8. The number of Topliss-reactive ketones (excluding diaryl/α,β-unsaturated/α-hetero) is 1. The molecule has 2 fully saturated rings. The average Bonchev–Trinajstić information content (AvgIpc) is 2.92. The van der Waals surface area contributed by atoms with Gasteiger partial charge in [-0.2, -0.15) is 0 Å². The van der Waals surface area contributed by atoms with E-state index in [0.717, 1.165) is 31.7 Å². The Bertz CT molecular complexity index is 581. The summed E-state index contributed by atoms with van der Waals surface area (Å²) in [6.45, 7) is 0. The van der Waals surface area contributed by atoms with Crippen molar-refractivity contribution in [2.24, 2.45) is 5.41 Å². The summed E-state index contributed by atoms with van der Waals surface area (Å²) in [6.07, 6.45) is 3.15. The van der Waals surface area contributed by atoms with Crippen LogP contribution < -0.4 is 4.74 Å². The lowest BCUT2D eigenvalue weighted by Crippen LogP contribution is -2.55. The number of rotatable bonds is 3. The molecular formula is C14H14FNO4. The fourth-order valence-electron chi connectivity index (χ4n) is 3.28. The Morgan fingerprint density at radius 1 is 1.35 bits per heavy atom. The molecule has 106 valence electrons. The van der Waals surface area contributed by atoms with Gasteiger partial charge in [0.05, 0.1) is 10.3 Å². The number of hydrogen-bond donors (Lipinski definition) is 0. The number of para-hydroxylation sites is 1. The molecule has 0 bridgehead atoms. The Morgan fingerprint density at radius 3 is 2.65 bits per heavy atom. The minimum Gasteiger partial charge on any atom is -0.480 e. The zero-order valence-electron chi connectivity index (χ0n) is 10.8. The summed E-state index contributed by atoms with van der Waals surface area (Å²) in [6, 6.07) is 3.61. The molecular weight excluding hydrogens is 265 g/mol. The fourth-order valence-corrected chi connectivity index (χ4v) is 3.28. The Labute approximate surface area is 114 Å². The second-order valence-corrected chi connectivity index (χ2v) is 5.44. The van der Waals surface area contributed by atoms with Gasteiger partial charge in [-0.25, -0.2) is 4.39 Å². The molecule has 5 nitrogen and oxygen atoms in total. The van der Waals surface area contributed by atoms with Crippen LogP contribution in [0.5, 0.6) is 5.75 Å². The molecule has 0 N–H and O–H groups in total. The summed E-state index contributed by atoms with van der Waals surface area (Å²) in [5.41, 5.74) is -0.923. The van der Waals surface area contributed by atoms with Gasteiger partial charge in [0.25, 0.3) is 0 Å². The van der Waals surface area contributed by atoms with Gasteiger partial charge in [0.15, 0.2) is 5.82 Å². The van der Waals surface area contributed by atoms with E-state index in [1.807, 2.05) is 0 Å². The first-order valence-corrected chi connectivity index (χ1v) is 6.67. The van der Waals surface area contributed by atoms with E-state index in [-0.39, 0.29) is 18.0 Å². The largest absolute Gasteiger partial charge is 0.480 e. The van der Waals surface area contributed by atoms with E-state index in [9.17, 15) is 19.3 Å². The molecule has 0 saturated heterocycles. The van der Waals surface area contributed by atoms with Crippen LogP contribution in [0.2, 0.25) is 0 Å². The predicted molar refractivity (Wildman–Crippen MR) is 68.0 cm³/mol. The Kier molecular flexibility index (Phi) is 2.96. The maximum Gasteiger partial charge on any atom is 0.314 e. The van der Waals surface area contributed by atoms with Crippen LogP contribution in [0.1, 0.15) is 32.1 Å². The van der Waals surface area contributed by atoms with Crippen molar-refractivity contribution in [2.45, 2.75) is 38.2 Å². The van der Waals surface area contributed by atoms with E-state index in [1.165, 1.54) is 12.1 Å². The first-order valence-electron chi connectivity index (χ1n) is 6.67. The number of ketones is 1. The standard InChI is InChI=1S/C14H14FNO4/c15-9-4-3-5-10(16(18)19)13(9)20-12-8-11(17)14(12)6-1-2-7-14/h3-5,12H,1-2,6-8H2. The number of ether oxygens (including phenoxy) is 1. The van der Waals surface area contributed by atoms with Gasteiger partial charge in [0.1, 0.15) is 11.9 Å². The lowest BCUT2D eigenvalue weighted by molar-refractivity contribution is -0.386. The molecule has 0 amide bonds. The fraction of sp³-hybridized carbons (Fsp3) is 0.500. The van der Waals surface area contributed by atoms with E-state index in [0.29, 0.717) is 0 Å². The minimum atomic E-state index is -0.758. The van der Waals surface area contributed by atoms with Gasteiger partial charge in [0.2, 0.25) is 5.75 Å². The third kappa shape index (κ3) is 1.78. The molecule has 1 atom stereocenters. The van der Waals surface area contributed by atoms with Crippen LogP contribution in [0.3, 0.4) is 0 Å². The number of benzene rings is 1. The third-order valence-corrected chi connectivity index (χ3v) is 4.44. The molecule has 1 spiro atoms. The average molecular weight is 279 g/mol. The number of nitro benzene ring substituents is 1. The molecule has 1 aromatic carbocycles. The Balaban J connectivity index is 1.89. The van der Waals surface area contributed by atoms with Crippen LogP contribution in [0, 0.1) is 21.3 Å². The molecule has 20 heavy (non-hydrogen) atoms. The van der Waals surface area contributed by atoms with Crippen molar-refractivity contribution >= 4 is 11.5 Å². The van der Waals surface area contributed by atoms with Gasteiger partial charge in [-0.15, -0.1) is 0 Å². The van der Waals surface area contributed by atoms with E-state index in [2.05, 4.69) is 0 Å². The van der Waals surface area contributed by atoms with Crippen molar-refractivity contribution in [2.75, 3.05) is 0 Å². The SMILES string of the molecule is O=C1CC(Oc2c(F)cccc2[N+](=O)[O-])C12CCCC2. The smallest absolute Gasteiger partial charge is 0.314 e. The predicted octanol–water partition coefficient (Wildman–Crippen LogP) is 3.01. The molecule has 0 heterocycles. The molecule has 2 aliphatic carbocycles. The van der Waals surface area contributed by atoms with Gasteiger partial charge in [0, 0.05) is 12.5 Å². The second-order valence-electron chi connectivity index (χ2n) is 5.44. The second kappa shape index (κ2) is 4.54. The van der Waals surface area contributed by atoms with E-state index in [4.69, 9.17) is 4.74 Å². The number of hydrogen-bond acceptors (Lipinski definition) is 4. The summed E-state index contributed by atoms with van der Waals surface area (Å²) in [5.74, 6) is -0.966. The van der Waals surface area contributed by atoms with Gasteiger partial charge in [-0.1, -0.05) is 18.9 Å². The van der Waals surface area contributed by atoms with Crippen LogP contribution >= 0.6 is 0 Å². The highest BCUT2D eigenvalue weighted by Crippen LogP contribution is 2.52. The van der Waals surface area contributed by atoms with Crippen molar-refractivity contribution in [3.8, 4) is 5.75 Å². The number of nitro groups is 1.